The summed E-state index contributed by atoms with van der Waals surface area (Å²) in [7, 11) is 1.94. The zero-order valence-electron chi connectivity index (χ0n) is 20.6. The molecule has 2 fully saturated rings. The maximum absolute atomic E-state index is 13.4. The summed E-state index contributed by atoms with van der Waals surface area (Å²) in [5.41, 5.74) is 2.63. The van der Waals surface area contributed by atoms with Crippen molar-refractivity contribution in [3.63, 3.8) is 0 Å². The van der Waals surface area contributed by atoms with Crippen LogP contribution in [-0.2, 0) is 9.53 Å². The van der Waals surface area contributed by atoms with Crippen LogP contribution in [0.4, 0.5) is 4.79 Å². The van der Waals surface area contributed by atoms with E-state index in [1.165, 1.54) is 11.3 Å². The number of piperazine rings is 2. The molecule has 2 saturated heterocycles. The Morgan fingerprint density at radius 1 is 1.09 bits per heavy atom. The highest BCUT2D eigenvalue weighted by Crippen LogP contribution is 2.25. The fraction of sp³-hybridized carbons (Fsp3) is 0.640. The average molecular weight is 456 g/mol. The second-order valence-electron chi connectivity index (χ2n) is 9.89. The van der Waals surface area contributed by atoms with Crippen LogP contribution >= 0.6 is 0 Å². The van der Waals surface area contributed by atoms with Crippen molar-refractivity contribution in [3.8, 4) is 6.07 Å². The third kappa shape index (κ3) is 6.17. The van der Waals surface area contributed by atoms with Gasteiger partial charge in [-0.15, -0.1) is 0 Å². The largest absolute Gasteiger partial charge is 0.444 e. The van der Waals surface area contributed by atoms with Crippen LogP contribution in [0.5, 0.6) is 0 Å². The van der Waals surface area contributed by atoms with Crippen molar-refractivity contribution in [1.82, 2.24) is 19.6 Å². The maximum atomic E-state index is 13.4. The van der Waals surface area contributed by atoms with E-state index in [9.17, 15) is 14.9 Å². The molecule has 0 bridgehead atoms. The Bertz CT molecular complexity index is 885. The van der Waals surface area contributed by atoms with Crippen LogP contribution in [-0.4, -0.2) is 96.1 Å². The minimum absolute atomic E-state index is 0.0694. The first-order valence-corrected chi connectivity index (χ1v) is 11.8. The van der Waals surface area contributed by atoms with Crippen LogP contribution in [0.15, 0.2) is 35.1 Å². The number of hydrogen-bond acceptors (Lipinski definition) is 6. The van der Waals surface area contributed by atoms with Crippen molar-refractivity contribution in [1.29, 1.82) is 5.26 Å². The number of carbonyl (C=O) groups is 2. The van der Waals surface area contributed by atoms with Gasteiger partial charge >= 0.3 is 6.09 Å². The van der Waals surface area contributed by atoms with Crippen LogP contribution in [0, 0.1) is 11.3 Å². The zero-order chi connectivity index (χ0) is 24.2. The normalized spacial score (nSPS) is 22.6. The summed E-state index contributed by atoms with van der Waals surface area (Å²) in [5, 5.41) is 9.24. The third-order valence-electron chi connectivity index (χ3n) is 6.42. The van der Waals surface area contributed by atoms with Crippen LogP contribution < -0.4 is 0 Å². The van der Waals surface area contributed by atoms with Crippen molar-refractivity contribution in [2.24, 2.45) is 0 Å². The number of ether oxygens (including phenoxy) is 1. The topological polar surface area (TPSA) is 80.1 Å². The standard InChI is InChI=1S/C25H37N5O3/c1-6-20-9-7-19(17-26)8-10-21(20)28-13-15-29(16-14-28)23(31)22-18-30(12-11-27(22)5)24(32)33-25(2,3)4/h7-8,10,22H,6,9,11-16,18H2,1-5H3. The molecule has 2 amide bonds. The molecule has 33 heavy (non-hydrogen) atoms. The number of nitriles is 1. The van der Waals surface area contributed by atoms with Gasteiger partial charge in [-0.2, -0.15) is 5.26 Å². The summed E-state index contributed by atoms with van der Waals surface area (Å²) >= 11 is 0. The molecule has 2 heterocycles. The van der Waals surface area contributed by atoms with Gasteiger partial charge in [0.05, 0.1) is 6.07 Å². The van der Waals surface area contributed by atoms with Crippen LogP contribution in [0.25, 0.3) is 0 Å². The second-order valence-corrected chi connectivity index (χ2v) is 9.89. The van der Waals surface area contributed by atoms with Gasteiger partial charge in [0.2, 0.25) is 5.91 Å². The first-order valence-electron chi connectivity index (χ1n) is 11.8. The molecule has 3 aliphatic rings. The van der Waals surface area contributed by atoms with Gasteiger partial charge in [0.15, 0.2) is 0 Å². The summed E-state index contributed by atoms with van der Waals surface area (Å²) in [6, 6.07) is 1.88. The number of amides is 2. The lowest BCUT2D eigenvalue weighted by molar-refractivity contribution is -0.140. The molecule has 0 aromatic heterocycles. The minimum Gasteiger partial charge on any atom is -0.444 e. The van der Waals surface area contributed by atoms with E-state index >= 15 is 0 Å². The average Bonchev–Trinajstić information content (AvgIpc) is 3.00. The van der Waals surface area contributed by atoms with Gasteiger partial charge in [0, 0.05) is 57.1 Å². The number of likely N-dealkylation sites (N-methyl/N-ethyl adjacent to an activating group) is 1. The SMILES string of the molecule is CCC1=C(N2CCN(C(=O)C3CN(C(=O)OC(C)(C)C)CCN3C)CC2)C=CC(C#N)=CC1. The first-order chi connectivity index (χ1) is 15.6. The summed E-state index contributed by atoms with van der Waals surface area (Å²) in [4.78, 5) is 33.8. The molecule has 1 unspecified atom stereocenters. The molecule has 0 spiro atoms. The molecule has 1 atom stereocenters. The first kappa shape index (κ1) is 24.8. The van der Waals surface area contributed by atoms with Crippen LogP contribution in [0.1, 0.15) is 40.5 Å². The van der Waals surface area contributed by atoms with Gasteiger partial charge in [0.25, 0.3) is 0 Å². The summed E-state index contributed by atoms with van der Waals surface area (Å²) < 4.78 is 5.51. The summed E-state index contributed by atoms with van der Waals surface area (Å²) in [5.74, 6) is 0.0694. The molecule has 0 N–H and O–H groups in total. The summed E-state index contributed by atoms with van der Waals surface area (Å²) in [6.45, 7) is 12.0. The smallest absolute Gasteiger partial charge is 0.410 e. The van der Waals surface area contributed by atoms with Crippen molar-refractivity contribution in [2.75, 3.05) is 52.9 Å². The van der Waals surface area contributed by atoms with E-state index in [-0.39, 0.29) is 18.0 Å². The van der Waals surface area contributed by atoms with Gasteiger partial charge < -0.3 is 19.4 Å². The Morgan fingerprint density at radius 2 is 1.76 bits per heavy atom. The van der Waals surface area contributed by atoms with Gasteiger partial charge in [-0.25, -0.2) is 4.79 Å². The predicted octanol–water partition coefficient (Wildman–Crippen LogP) is 2.76. The molecule has 2 aliphatic heterocycles. The fourth-order valence-electron chi connectivity index (χ4n) is 4.44. The molecular weight excluding hydrogens is 418 g/mol. The second kappa shape index (κ2) is 10.4. The lowest BCUT2D eigenvalue weighted by atomic mass is 10.1. The number of carbonyl (C=O) groups excluding carboxylic acids is 2. The van der Waals surface area contributed by atoms with E-state index in [1.54, 1.807) is 4.90 Å². The Morgan fingerprint density at radius 3 is 2.36 bits per heavy atom. The highest BCUT2D eigenvalue weighted by Gasteiger charge is 2.37. The Kier molecular flexibility index (Phi) is 7.85. The van der Waals surface area contributed by atoms with Crippen LogP contribution in [0.3, 0.4) is 0 Å². The Labute approximate surface area is 197 Å². The van der Waals surface area contributed by atoms with Crippen molar-refractivity contribution in [3.05, 3.63) is 35.1 Å². The van der Waals surface area contributed by atoms with Gasteiger partial charge in [0.1, 0.15) is 11.6 Å². The molecule has 0 radical (unpaired) electrons. The van der Waals surface area contributed by atoms with E-state index in [1.807, 2.05) is 55.8 Å². The fourth-order valence-corrected chi connectivity index (χ4v) is 4.44. The van der Waals surface area contributed by atoms with E-state index in [4.69, 9.17) is 4.74 Å². The van der Waals surface area contributed by atoms with Gasteiger partial charge in [-0.05, 0) is 58.4 Å². The molecule has 1 aliphatic carbocycles. The molecular formula is C25H37N5O3. The summed E-state index contributed by atoms with van der Waals surface area (Å²) in [6.07, 6.45) is 7.28. The Balaban J connectivity index is 1.62. The predicted molar refractivity (Wildman–Crippen MR) is 127 cm³/mol. The van der Waals surface area contributed by atoms with E-state index < -0.39 is 5.60 Å². The van der Waals surface area contributed by atoms with E-state index in [0.29, 0.717) is 38.3 Å². The van der Waals surface area contributed by atoms with Gasteiger partial charge in [-0.1, -0.05) is 13.0 Å². The maximum Gasteiger partial charge on any atom is 0.410 e. The lowest BCUT2D eigenvalue weighted by Crippen LogP contribution is -2.61. The molecule has 0 aromatic rings. The lowest BCUT2D eigenvalue weighted by Gasteiger charge is -2.43. The molecule has 180 valence electrons. The van der Waals surface area contributed by atoms with Gasteiger partial charge in [-0.3, -0.25) is 9.69 Å². The molecule has 3 rings (SSSR count). The minimum atomic E-state index is -0.557. The molecule has 0 aromatic carbocycles. The Hall–Kier alpha value is -2.79. The monoisotopic (exact) mass is 455 g/mol. The molecule has 8 nitrogen and oxygen atoms in total. The number of nitrogens with zero attached hydrogens (tertiary/aromatic N) is 5. The highest BCUT2D eigenvalue weighted by atomic mass is 16.6. The highest BCUT2D eigenvalue weighted by molar-refractivity contribution is 5.83. The molecule has 0 saturated carbocycles. The van der Waals surface area contributed by atoms with Crippen molar-refractivity contribution < 1.29 is 14.3 Å². The number of hydrogen-bond donors (Lipinski definition) is 0. The van der Waals surface area contributed by atoms with Crippen molar-refractivity contribution in [2.45, 2.75) is 52.2 Å². The number of allylic oxidation sites excluding steroid dienone is 5. The zero-order valence-corrected chi connectivity index (χ0v) is 20.6. The van der Waals surface area contributed by atoms with Crippen LogP contribution in [0.2, 0.25) is 0 Å². The molecule has 8 heteroatoms. The third-order valence-corrected chi connectivity index (χ3v) is 6.42. The van der Waals surface area contributed by atoms with E-state index in [0.717, 1.165) is 25.9 Å². The quantitative estimate of drug-likeness (QED) is 0.651. The number of rotatable bonds is 3. The van der Waals surface area contributed by atoms with E-state index in [2.05, 4.69) is 17.9 Å². The van der Waals surface area contributed by atoms with Crippen molar-refractivity contribution >= 4 is 12.0 Å².